The minimum Gasteiger partial charge on any atom is -0.394 e. The molecule has 2 aromatic heterocycles. The molecule has 0 bridgehead atoms. The molecular formula is C13H19N5O4. The second kappa shape index (κ2) is 6.13. The molecule has 9 heteroatoms. The van der Waals surface area contributed by atoms with Crippen LogP contribution in [0.5, 0.6) is 0 Å². The van der Waals surface area contributed by atoms with Crippen LogP contribution < -0.4 is 5.32 Å². The molecule has 3 rings (SSSR count). The maximum Gasteiger partial charge on any atom is 0.167 e. The molecule has 4 atom stereocenters. The van der Waals surface area contributed by atoms with E-state index in [-0.39, 0.29) is 6.61 Å². The molecule has 3 heterocycles. The second-order valence-corrected chi connectivity index (χ2v) is 5.20. The van der Waals surface area contributed by atoms with Crippen molar-refractivity contribution in [2.45, 2.75) is 37.9 Å². The lowest BCUT2D eigenvalue weighted by molar-refractivity contribution is -0.0511. The maximum atomic E-state index is 10.1. The Morgan fingerprint density at radius 3 is 2.77 bits per heavy atom. The lowest BCUT2D eigenvalue weighted by Gasteiger charge is -2.16. The van der Waals surface area contributed by atoms with Gasteiger partial charge in [-0.1, -0.05) is 6.92 Å². The van der Waals surface area contributed by atoms with Gasteiger partial charge in [0.15, 0.2) is 23.2 Å². The number of nitrogens with zero attached hydrogens (tertiary/aromatic N) is 4. The number of imidazole rings is 1. The summed E-state index contributed by atoms with van der Waals surface area (Å²) < 4.78 is 7.04. The van der Waals surface area contributed by atoms with Crippen LogP contribution in [0.3, 0.4) is 0 Å². The summed E-state index contributed by atoms with van der Waals surface area (Å²) >= 11 is 0. The molecule has 4 N–H and O–H groups in total. The van der Waals surface area contributed by atoms with Gasteiger partial charge in [-0.25, -0.2) is 15.0 Å². The molecule has 1 fully saturated rings. The number of aliphatic hydroxyl groups excluding tert-OH is 3. The van der Waals surface area contributed by atoms with Crippen LogP contribution in [0.1, 0.15) is 19.6 Å². The van der Waals surface area contributed by atoms with E-state index in [2.05, 4.69) is 20.3 Å². The Bertz CT molecular complexity index is 648. The molecule has 22 heavy (non-hydrogen) atoms. The first-order chi connectivity index (χ1) is 10.7. The third kappa shape index (κ3) is 2.41. The largest absolute Gasteiger partial charge is 0.394 e. The minimum atomic E-state index is -1.17. The van der Waals surface area contributed by atoms with Crippen molar-refractivity contribution in [3.8, 4) is 0 Å². The number of anilines is 1. The van der Waals surface area contributed by atoms with Crippen LogP contribution in [-0.2, 0) is 4.74 Å². The summed E-state index contributed by atoms with van der Waals surface area (Å²) in [4.78, 5) is 12.6. The van der Waals surface area contributed by atoms with Crippen molar-refractivity contribution in [2.24, 2.45) is 0 Å². The van der Waals surface area contributed by atoms with Crippen LogP contribution in [0.25, 0.3) is 11.2 Å². The fourth-order valence-corrected chi connectivity index (χ4v) is 2.52. The molecule has 120 valence electrons. The predicted molar refractivity (Wildman–Crippen MR) is 77.1 cm³/mol. The predicted octanol–water partition coefficient (Wildman–Crippen LogP) is -0.740. The van der Waals surface area contributed by atoms with E-state index in [0.29, 0.717) is 17.0 Å². The van der Waals surface area contributed by atoms with Crippen molar-refractivity contribution in [1.29, 1.82) is 0 Å². The lowest BCUT2D eigenvalue weighted by atomic mass is 10.1. The average molecular weight is 309 g/mol. The summed E-state index contributed by atoms with van der Waals surface area (Å²) in [6.45, 7) is 2.43. The number of hydrogen-bond donors (Lipinski definition) is 4. The van der Waals surface area contributed by atoms with Crippen LogP contribution in [0.15, 0.2) is 12.7 Å². The first kappa shape index (κ1) is 15.1. The van der Waals surface area contributed by atoms with E-state index in [9.17, 15) is 10.2 Å². The Labute approximate surface area is 126 Å². The molecule has 4 unspecified atom stereocenters. The summed E-state index contributed by atoms with van der Waals surface area (Å²) in [6.07, 6.45) is -0.191. The molecule has 0 aromatic carbocycles. The van der Waals surface area contributed by atoms with Crippen molar-refractivity contribution in [3.05, 3.63) is 12.7 Å². The third-order valence-electron chi connectivity index (χ3n) is 3.69. The average Bonchev–Trinajstić information content (AvgIpc) is 3.08. The van der Waals surface area contributed by atoms with E-state index in [1.807, 2.05) is 6.92 Å². The first-order valence-corrected chi connectivity index (χ1v) is 7.21. The Kier molecular flexibility index (Phi) is 4.21. The standard InChI is InChI=1S/C13H19N5O4/c1-2-3-14-11-8-12(16-5-15-11)18(6-17-8)13-10(21)9(20)7(4-19)22-13/h5-7,9-10,13,19-21H,2-4H2,1H3,(H,14,15,16). The van der Waals surface area contributed by atoms with Crippen molar-refractivity contribution in [1.82, 2.24) is 19.5 Å². The number of nitrogens with one attached hydrogen (secondary N) is 1. The maximum absolute atomic E-state index is 10.1. The number of fused-ring (bicyclic) bond motifs is 1. The van der Waals surface area contributed by atoms with Crippen LogP contribution in [0.2, 0.25) is 0 Å². The van der Waals surface area contributed by atoms with E-state index < -0.39 is 24.5 Å². The molecule has 0 saturated carbocycles. The zero-order valence-electron chi connectivity index (χ0n) is 12.1. The molecule has 9 nitrogen and oxygen atoms in total. The number of ether oxygens (including phenoxy) is 1. The summed E-state index contributed by atoms with van der Waals surface area (Å²) in [5, 5.41) is 32.3. The zero-order valence-corrected chi connectivity index (χ0v) is 12.1. The first-order valence-electron chi connectivity index (χ1n) is 7.21. The van der Waals surface area contributed by atoms with Gasteiger partial charge in [-0.3, -0.25) is 4.57 Å². The van der Waals surface area contributed by atoms with Gasteiger partial charge < -0.3 is 25.4 Å². The van der Waals surface area contributed by atoms with Gasteiger partial charge in [0.1, 0.15) is 24.6 Å². The topological polar surface area (TPSA) is 126 Å². The highest BCUT2D eigenvalue weighted by molar-refractivity contribution is 5.82. The highest BCUT2D eigenvalue weighted by Crippen LogP contribution is 2.31. The molecule has 1 aliphatic heterocycles. The normalized spacial score (nSPS) is 28.4. The molecule has 0 spiro atoms. The Hall–Kier alpha value is -1.81. The Morgan fingerprint density at radius 1 is 1.27 bits per heavy atom. The van der Waals surface area contributed by atoms with E-state index in [1.54, 1.807) is 0 Å². The van der Waals surface area contributed by atoms with Gasteiger partial charge in [0, 0.05) is 6.54 Å². The molecule has 1 aliphatic rings. The van der Waals surface area contributed by atoms with Gasteiger partial charge in [0.05, 0.1) is 12.9 Å². The molecule has 0 aliphatic carbocycles. The smallest absolute Gasteiger partial charge is 0.167 e. The van der Waals surface area contributed by atoms with Gasteiger partial charge in [0.25, 0.3) is 0 Å². The summed E-state index contributed by atoms with van der Waals surface area (Å²) in [7, 11) is 0. The SMILES string of the molecule is CCCNc1ncnc2c1ncn2C1OC(CO)C(O)C1O. The van der Waals surface area contributed by atoms with Crippen molar-refractivity contribution >= 4 is 17.0 Å². The van der Waals surface area contributed by atoms with Gasteiger partial charge in [-0.2, -0.15) is 0 Å². The molecule has 0 radical (unpaired) electrons. The van der Waals surface area contributed by atoms with Gasteiger partial charge >= 0.3 is 0 Å². The number of rotatable bonds is 5. The lowest BCUT2D eigenvalue weighted by Crippen LogP contribution is -2.33. The van der Waals surface area contributed by atoms with Crippen molar-refractivity contribution in [3.63, 3.8) is 0 Å². The van der Waals surface area contributed by atoms with Crippen LogP contribution >= 0.6 is 0 Å². The van der Waals surface area contributed by atoms with Gasteiger partial charge in [-0.15, -0.1) is 0 Å². The fraction of sp³-hybridized carbons (Fsp3) is 0.615. The molecule has 1 saturated heterocycles. The van der Waals surface area contributed by atoms with Crippen molar-refractivity contribution < 1.29 is 20.1 Å². The van der Waals surface area contributed by atoms with E-state index >= 15 is 0 Å². The van der Waals surface area contributed by atoms with Gasteiger partial charge in [-0.05, 0) is 6.42 Å². The number of aromatic nitrogens is 4. The molecule has 2 aromatic rings. The highest BCUT2D eigenvalue weighted by atomic mass is 16.6. The monoisotopic (exact) mass is 309 g/mol. The van der Waals surface area contributed by atoms with Crippen LogP contribution in [0, 0.1) is 0 Å². The second-order valence-electron chi connectivity index (χ2n) is 5.20. The van der Waals surface area contributed by atoms with E-state index in [1.165, 1.54) is 17.2 Å². The van der Waals surface area contributed by atoms with Crippen LogP contribution in [0.4, 0.5) is 5.82 Å². The minimum absolute atomic E-state index is 0.375. The summed E-state index contributed by atoms with van der Waals surface area (Å²) in [5.41, 5.74) is 1.05. The quantitative estimate of drug-likeness (QED) is 0.569. The van der Waals surface area contributed by atoms with Crippen LogP contribution in [-0.4, -0.2) is 66.3 Å². The number of aliphatic hydroxyl groups is 3. The zero-order chi connectivity index (χ0) is 15.7. The Morgan fingerprint density at radius 2 is 2.09 bits per heavy atom. The van der Waals surface area contributed by atoms with Crippen molar-refractivity contribution in [2.75, 3.05) is 18.5 Å². The molecular weight excluding hydrogens is 290 g/mol. The summed E-state index contributed by atoms with van der Waals surface area (Å²) in [6, 6.07) is 0. The van der Waals surface area contributed by atoms with E-state index in [4.69, 9.17) is 9.84 Å². The number of hydrogen-bond acceptors (Lipinski definition) is 8. The third-order valence-corrected chi connectivity index (χ3v) is 3.69. The Balaban J connectivity index is 1.95. The fourth-order valence-electron chi connectivity index (χ4n) is 2.52. The summed E-state index contributed by atoms with van der Waals surface area (Å²) in [5.74, 6) is 0.609. The molecule has 0 amide bonds. The highest BCUT2D eigenvalue weighted by Gasteiger charge is 2.43. The van der Waals surface area contributed by atoms with E-state index in [0.717, 1.165) is 13.0 Å². The van der Waals surface area contributed by atoms with Gasteiger partial charge in [0.2, 0.25) is 0 Å².